The summed E-state index contributed by atoms with van der Waals surface area (Å²) in [6, 6.07) is 20.5. The lowest BCUT2D eigenvalue weighted by atomic mass is 9.94. The van der Waals surface area contributed by atoms with E-state index in [1.54, 1.807) is 0 Å². The molecule has 1 aliphatic heterocycles. The van der Waals surface area contributed by atoms with Gasteiger partial charge in [-0.3, -0.25) is 0 Å². The van der Waals surface area contributed by atoms with Crippen molar-refractivity contribution >= 4 is 5.69 Å². The number of rotatable bonds is 4. The van der Waals surface area contributed by atoms with Gasteiger partial charge in [0.15, 0.2) is 0 Å². The van der Waals surface area contributed by atoms with E-state index in [1.807, 2.05) is 0 Å². The molecule has 2 aromatic rings. The quantitative estimate of drug-likeness (QED) is 0.898. The largest absolute Gasteiger partial charge is 0.364 e. The van der Waals surface area contributed by atoms with Gasteiger partial charge in [0.05, 0.1) is 6.04 Å². The summed E-state index contributed by atoms with van der Waals surface area (Å²) < 4.78 is 0. The minimum atomic E-state index is 0.412. The minimum absolute atomic E-state index is 0.412. The number of nitrogens with zero attached hydrogens (tertiary/aromatic N) is 1. The maximum Gasteiger partial charge on any atom is 0.0514 e. The Morgan fingerprint density at radius 3 is 2.57 bits per heavy atom. The lowest BCUT2D eigenvalue weighted by Gasteiger charge is -2.40. The van der Waals surface area contributed by atoms with Crippen LogP contribution in [0.2, 0.25) is 0 Å². The molecule has 1 heterocycles. The maximum absolute atomic E-state index is 3.61. The fraction of sp³-hybridized carbons (Fsp3) is 0.368. The van der Waals surface area contributed by atoms with Gasteiger partial charge in [0.2, 0.25) is 0 Å². The molecule has 0 saturated carbocycles. The number of para-hydroxylation sites is 1. The van der Waals surface area contributed by atoms with Crippen LogP contribution in [0.1, 0.15) is 43.5 Å². The van der Waals surface area contributed by atoms with E-state index in [9.17, 15) is 0 Å². The van der Waals surface area contributed by atoms with Gasteiger partial charge in [-0.1, -0.05) is 55.5 Å². The first-order valence-corrected chi connectivity index (χ1v) is 7.95. The molecular weight excluding hydrogens is 256 g/mol. The second kappa shape index (κ2) is 6.31. The Morgan fingerprint density at radius 1 is 1.10 bits per heavy atom. The smallest absolute Gasteiger partial charge is 0.0514 e. The predicted molar refractivity (Wildman–Crippen MR) is 89.7 cm³/mol. The van der Waals surface area contributed by atoms with E-state index in [-0.39, 0.29) is 0 Å². The van der Waals surface area contributed by atoms with Crippen molar-refractivity contribution in [2.24, 2.45) is 0 Å². The summed E-state index contributed by atoms with van der Waals surface area (Å²) in [5.74, 6) is 0. The van der Waals surface area contributed by atoms with Crippen LogP contribution in [-0.4, -0.2) is 13.1 Å². The fourth-order valence-corrected chi connectivity index (χ4v) is 3.36. The van der Waals surface area contributed by atoms with E-state index in [4.69, 9.17) is 0 Å². The van der Waals surface area contributed by atoms with Crippen LogP contribution in [-0.2, 0) is 0 Å². The zero-order valence-corrected chi connectivity index (χ0v) is 12.9. The molecule has 0 fully saturated rings. The molecule has 0 radical (unpaired) electrons. The highest BCUT2D eigenvalue weighted by Gasteiger charge is 2.27. The molecule has 2 aromatic carbocycles. The Labute approximate surface area is 127 Å². The normalized spacial score (nSPS) is 19.1. The summed E-state index contributed by atoms with van der Waals surface area (Å²) in [6.07, 6.45) is 1.17. The molecule has 0 spiro atoms. The molecule has 21 heavy (non-hydrogen) atoms. The van der Waals surface area contributed by atoms with Crippen LogP contribution in [0.25, 0.3) is 0 Å². The van der Waals surface area contributed by atoms with Crippen LogP contribution in [0.4, 0.5) is 5.69 Å². The molecule has 1 N–H and O–H groups in total. The lowest BCUT2D eigenvalue weighted by molar-refractivity contribution is 0.475. The van der Waals surface area contributed by atoms with E-state index in [2.05, 4.69) is 78.7 Å². The molecule has 2 heteroatoms. The van der Waals surface area contributed by atoms with Crippen molar-refractivity contribution in [2.75, 3.05) is 18.0 Å². The van der Waals surface area contributed by atoms with Gasteiger partial charge >= 0.3 is 0 Å². The number of anilines is 1. The zero-order valence-electron chi connectivity index (χ0n) is 12.9. The Bertz CT molecular complexity index is 579. The van der Waals surface area contributed by atoms with Crippen LogP contribution in [0.15, 0.2) is 54.6 Å². The summed E-state index contributed by atoms with van der Waals surface area (Å²) in [4.78, 5) is 2.54. The summed E-state index contributed by atoms with van der Waals surface area (Å²) in [5.41, 5.74) is 4.20. The molecule has 110 valence electrons. The highest BCUT2D eigenvalue weighted by Crippen LogP contribution is 2.38. The van der Waals surface area contributed by atoms with Gasteiger partial charge in [-0.25, -0.2) is 0 Å². The van der Waals surface area contributed by atoms with Gasteiger partial charge in [0, 0.05) is 18.3 Å². The third-order valence-electron chi connectivity index (χ3n) is 4.48. The number of nitrogens with one attached hydrogen (secondary N) is 1. The average Bonchev–Trinajstić information content (AvgIpc) is 2.56. The Hall–Kier alpha value is -1.80. The molecule has 2 nitrogen and oxygen atoms in total. The van der Waals surface area contributed by atoms with Gasteiger partial charge in [0.25, 0.3) is 0 Å². The van der Waals surface area contributed by atoms with Gasteiger partial charge in [-0.15, -0.1) is 0 Å². The van der Waals surface area contributed by atoms with Gasteiger partial charge < -0.3 is 10.2 Å². The van der Waals surface area contributed by atoms with Crippen molar-refractivity contribution in [3.05, 3.63) is 65.7 Å². The molecule has 2 unspecified atom stereocenters. The number of benzene rings is 2. The van der Waals surface area contributed by atoms with Gasteiger partial charge in [0.1, 0.15) is 0 Å². The maximum atomic E-state index is 3.61. The van der Waals surface area contributed by atoms with Crippen molar-refractivity contribution < 1.29 is 0 Å². The van der Waals surface area contributed by atoms with E-state index >= 15 is 0 Å². The van der Waals surface area contributed by atoms with Gasteiger partial charge in [-0.05, 0) is 37.1 Å². The first-order valence-electron chi connectivity index (χ1n) is 7.95. The highest BCUT2D eigenvalue weighted by atomic mass is 15.2. The van der Waals surface area contributed by atoms with Crippen LogP contribution >= 0.6 is 0 Å². The number of hydrogen-bond acceptors (Lipinski definition) is 2. The van der Waals surface area contributed by atoms with E-state index in [0.29, 0.717) is 12.1 Å². The minimum Gasteiger partial charge on any atom is -0.364 e. The first-order chi connectivity index (χ1) is 10.3. The summed E-state index contributed by atoms with van der Waals surface area (Å²) >= 11 is 0. The molecule has 0 aromatic heterocycles. The van der Waals surface area contributed by atoms with E-state index in [0.717, 1.165) is 13.1 Å². The van der Waals surface area contributed by atoms with E-state index < -0.39 is 0 Å². The molecule has 0 amide bonds. The Morgan fingerprint density at radius 2 is 1.81 bits per heavy atom. The monoisotopic (exact) mass is 280 g/mol. The highest BCUT2D eigenvalue weighted by molar-refractivity contribution is 5.58. The standard InChI is InChI=1S/C19H24N2/c1-3-20-18-13-14-21(19-12-8-7-11-17(18)19)15(2)16-9-5-4-6-10-16/h4-12,15,18,20H,3,13-14H2,1-2H3. The topological polar surface area (TPSA) is 15.3 Å². The Balaban J connectivity index is 1.92. The number of fused-ring (bicyclic) bond motifs is 1. The van der Waals surface area contributed by atoms with Crippen LogP contribution in [0, 0.1) is 0 Å². The summed E-state index contributed by atoms with van der Waals surface area (Å²) in [7, 11) is 0. The van der Waals surface area contributed by atoms with Crippen LogP contribution in [0.3, 0.4) is 0 Å². The second-order valence-corrected chi connectivity index (χ2v) is 5.74. The zero-order chi connectivity index (χ0) is 14.7. The lowest BCUT2D eigenvalue weighted by Crippen LogP contribution is -2.37. The fourth-order valence-electron chi connectivity index (χ4n) is 3.36. The average molecular weight is 280 g/mol. The molecule has 1 aliphatic rings. The van der Waals surface area contributed by atoms with Crippen LogP contribution < -0.4 is 10.2 Å². The molecule has 3 rings (SSSR count). The summed E-state index contributed by atoms with van der Waals surface area (Å²) in [5, 5.41) is 3.61. The summed E-state index contributed by atoms with van der Waals surface area (Å²) in [6.45, 7) is 6.61. The van der Waals surface area contributed by atoms with E-state index in [1.165, 1.54) is 23.2 Å². The van der Waals surface area contributed by atoms with Crippen molar-refractivity contribution in [3.8, 4) is 0 Å². The third kappa shape index (κ3) is 2.81. The van der Waals surface area contributed by atoms with Crippen molar-refractivity contribution in [1.82, 2.24) is 5.32 Å². The molecule has 0 bridgehead atoms. The third-order valence-corrected chi connectivity index (χ3v) is 4.48. The van der Waals surface area contributed by atoms with Crippen LogP contribution in [0.5, 0.6) is 0 Å². The van der Waals surface area contributed by atoms with Crippen molar-refractivity contribution in [3.63, 3.8) is 0 Å². The molecule has 0 saturated heterocycles. The predicted octanol–water partition coefficient (Wildman–Crippen LogP) is 4.31. The first kappa shape index (κ1) is 14.2. The molecule has 0 aliphatic carbocycles. The molecule has 2 atom stereocenters. The van der Waals surface area contributed by atoms with Gasteiger partial charge in [-0.2, -0.15) is 0 Å². The SMILES string of the molecule is CCNC1CCN(C(C)c2ccccc2)c2ccccc21. The second-order valence-electron chi connectivity index (χ2n) is 5.74. The Kier molecular flexibility index (Phi) is 4.26. The van der Waals surface area contributed by atoms with Crippen molar-refractivity contribution in [1.29, 1.82) is 0 Å². The number of hydrogen-bond donors (Lipinski definition) is 1. The molecular formula is C19H24N2. The van der Waals surface area contributed by atoms with Crippen molar-refractivity contribution in [2.45, 2.75) is 32.4 Å².